The van der Waals surface area contributed by atoms with Crippen molar-refractivity contribution >= 4 is 10.0 Å². The molecule has 0 unspecified atom stereocenters. The van der Waals surface area contributed by atoms with Crippen LogP contribution in [0.1, 0.15) is 37.6 Å². The van der Waals surface area contributed by atoms with Crippen LogP contribution in [0.2, 0.25) is 1.41 Å². The van der Waals surface area contributed by atoms with E-state index in [1.165, 1.54) is 0 Å². The molecule has 0 bridgehead atoms. The van der Waals surface area contributed by atoms with Gasteiger partial charge >= 0.3 is 0 Å². The SMILES string of the molecule is [2H]N([C@H]1CCO[C@H]1c1ccc(-c2ccc(C)nc2)cc1)S(=O)(=O)C(C)C. The molecule has 0 spiro atoms. The fourth-order valence-electron chi connectivity index (χ4n) is 2.82. The number of hydrogen-bond acceptors (Lipinski definition) is 4. The molecule has 25 heavy (non-hydrogen) atoms. The molecule has 0 aliphatic carbocycles. The lowest BCUT2D eigenvalue weighted by Crippen LogP contribution is -2.40. The number of ether oxygens (including phenoxy) is 1. The van der Waals surface area contributed by atoms with E-state index in [2.05, 4.69) is 4.98 Å². The van der Waals surface area contributed by atoms with Crippen LogP contribution < -0.4 is 4.72 Å². The lowest BCUT2D eigenvalue weighted by molar-refractivity contribution is 0.102. The molecule has 1 aliphatic heterocycles. The average Bonchev–Trinajstić information content (AvgIpc) is 3.11. The summed E-state index contributed by atoms with van der Waals surface area (Å²) >= 11 is 0. The van der Waals surface area contributed by atoms with Crippen molar-refractivity contribution in [1.29, 1.82) is 0 Å². The predicted octanol–water partition coefficient (Wildman–Crippen LogP) is 3.21. The molecule has 0 saturated carbocycles. The Morgan fingerprint density at radius 1 is 1.20 bits per heavy atom. The van der Waals surface area contributed by atoms with Crippen LogP contribution in [-0.2, 0) is 14.8 Å². The van der Waals surface area contributed by atoms with E-state index in [-0.39, 0.29) is 0 Å². The molecule has 2 heterocycles. The smallest absolute Gasteiger partial charge is 0.214 e. The van der Waals surface area contributed by atoms with Crippen LogP contribution in [0.4, 0.5) is 0 Å². The summed E-state index contributed by atoms with van der Waals surface area (Å²) in [6, 6.07) is 11.3. The first-order valence-corrected chi connectivity index (χ1v) is 9.97. The number of benzene rings is 1. The van der Waals surface area contributed by atoms with Crippen molar-refractivity contribution in [2.24, 2.45) is 0 Å². The molecule has 1 aliphatic rings. The Bertz CT molecular complexity index is 851. The molecule has 5 nitrogen and oxygen atoms in total. The predicted molar refractivity (Wildman–Crippen MR) is 98.7 cm³/mol. The van der Waals surface area contributed by atoms with Crippen LogP contribution in [-0.4, -0.2) is 31.3 Å². The first-order chi connectivity index (χ1) is 12.3. The summed E-state index contributed by atoms with van der Waals surface area (Å²) in [6.07, 6.45) is 1.93. The Balaban J connectivity index is 1.83. The van der Waals surface area contributed by atoms with Crippen molar-refractivity contribution in [1.82, 2.24) is 9.70 Å². The van der Waals surface area contributed by atoms with Crippen molar-refractivity contribution in [3.05, 3.63) is 53.9 Å². The zero-order chi connectivity index (χ0) is 18.9. The zero-order valence-corrected chi connectivity index (χ0v) is 15.5. The van der Waals surface area contributed by atoms with Crippen LogP contribution in [0.15, 0.2) is 42.6 Å². The van der Waals surface area contributed by atoms with Crippen molar-refractivity contribution < 1.29 is 14.6 Å². The van der Waals surface area contributed by atoms with E-state index in [4.69, 9.17) is 6.15 Å². The van der Waals surface area contributed by atoms with E-state index in [9.17, 15) is 8.42 Å². The molecule has 6 heteroatoms. The number of hydrogen-bond donors (Lipinski definition) is 1. The van der Waals surface area contributed by atoms with Gasteiger partial charge in [0.25, 0.3) is 0 Å². The number of rotatable bonds is 5. The molecule has 1 N–H and O–H groups in total. The summed E-state index contributed by atoms with van der Waals surface area (Å²) in [5.74, 6) is 0. The van der Waals surface area contributed by atoms with Gasteiger partial charge in [-0.3, -0.25) is 4.98 Å². The average molecular weight is 361 g/mol. The number of nitrogens with one attached hydrogen (secondary N) is 1. The minimum atomic E-state index is -3.64. The summed E-state index contributed by atoms with van der Waals surface area (Å²) in [4.78, 5) is 4.31. The maximum atomic E-state index is 12.3. The first-order valence-electron chi connectivity index (χ1n) is 8.92. The summed E-state index contributed by atoms with van der Waals surface area (Å²) in [5, 5.41) is -0.627. The minimum Gasteiger partial charge on any atom is -0.372 e. The lowest BCUT2D eigenvalue weighted by Gasteiger charge is -2.21. The molecular formula is C19H24N2O3S. The number of pyridine rings is 1. The quantitative estimate of drug-likeness (QED) is 0.888. The van der Waals surface area contributed by atoms with Crippen molar-refractivity contribution in [3.8, 4) is 11.1 Å². The highest BCUT2D eigenvalue weighted by Gasteiger charge is 2.33. The van der Waals surface area contributed by atoms with Crippen LogP contribution in [0, 0.1) is 6.92 Å². The van der Waals surface area contributed by atoms with Crippen LogP contribution in [0.25, 0.3) is 11.1 Å². The molecule has 2 aromatic rings. The van der Waals surface area contributed by atoms with Gasteiger partial charge in [0.1, 0.15) is 1.41 Å². The van der Waals surface area contributed by atoms with E-state index in [1.807, 2.05) is 49.5 Å². The van der Waals surface area contributed by atoms with Gasteiger partial charge in [-0.15, -0.1) is 0 Å². The highest BCUT2D eigenvalue weighted by atomic mass is 32.2. The maximum Gasteiger partial charge on any atom is 0.214 e. The Kier molecular flexibility index (Phi) is 4.83. The van der Waals surface area contributed by atoms with E-state index in [0.717, 1.165) is 27.1 Å². The molecular weight excluding hydrogens is 336 g/mol. The highest BCUT2D eigenvalue weighted by molar-refractivity contribution is 7.90. The molecule has 1 fully saturated rings. The molecule has 0 radical (unpaired) electrons. The van der Waals surface area contributed by atoms with Crippen LogP contribution in [0.5, 0.6) is 0 Å². The topological polar surface area (TPSA) is 68.3 Å². The molecule has 1 saturated heterocycles. The largest absolute Gasteiger partial charge is 0.372 e. The Hall–Kier alpha value is -1.76. The van der Waals surface area contributed by atoms with Gasteiger partial charge in [0.15, 0.2) is 0 Å². The third-order valence-corrected chi connectivity index (χ3v) is 6.18. The zero-order valence-electron chi connectivity index (χ0n) is 15.7. The normalized spacial score (nSPS) is 21.7. The number of nitrogens with zero attached hydrogens (tertiary/aromatic N) is 1. The van der Waals surface area contributed by atoms with Gasteiger partial charge in [0.2, 0.25) is 10.0 Å². The molecule has 134 valence electrons. The third kappa shape index (κ3) is 4.08. The Morgan fingerprint density at radius 2 is 1.88 bits per heavy atom. The van der Waals surface area contributed by atoms with Gasteiger partial charge in [0.05, 0.1) is 17.4 Å². The fraction of sp³-hybridized carbons (Fsp3) is 0.421. The van der Waals surface area contributed by atoms with Crippen molar-refractivity contribution in [2.75, 3.05) is 6.61 Å². The molecule has 3 rings (SSSR count). The summed E-state index contributed by atoms with van der Waals surface area (Å²) in [7, 11) is -3.64. The van der Waals surface area contributed by atoms with Gasteiger partial charge in [-0.05, 0) is 44.4 Å². The van der Waals surface area contributed by atoms with Crippen molar-refractivity contribution in [2.45, 2.75) is 44.6 Å². The van der Waals surface area contributed by atoms with E-state index >= 15 is 0 Å². The van der Waals surface area contributed by atoms with Crippen LogP contribution in [0.3, 0.4) is 0 Å². The standard InChI is InChI=1S/C19H24N2O3S/c1-13(2)25(22,23)21-18-10-11-24-19(18)16-8-6-15(7-9-16)17-5-4-14(3)20-12-17/h4-9,12-13,18-19,21H,10-11H2,1-3H3/t18-,19-/m0/s1/i/hD. The van der Waals surface area contributed by atoms with E-state index < -0.39 is 27.4 Å². The van der Waals surface area contributed by atoms with Gasteiger partial charge in [-0.2, -0.15) is 0 Å². The molecule has 1 aromatic carbocycles. The second kappa shape index (κ2) is 7.23. The fourth-order valence-corrected chi connectivity index (χ4v) is 3.66. The Labute approximate surface area is 151 Å². The molecule has 2 atom stereocenters. The van der Waals surface area contributed by atoms with Crippen molar-refractivity contribution in [3.63, 3.8) is 0 Å². The lowest BCUT2D eigenvalue weighted by atomic mass is 9.99. The second-order valence-corrected chi connectivity index (χ2v) is 8.81. The highest BCUT2D eigenvalue weighted by Crippen LogP contribution is 2.31. The first kappa shape index (κ1) is 16.7. The van der Waals surface area contributed by atoms with Crippen LogP contribution >= 0.6 is 0 Å². The van der Waals surface area contributed by atoms with Gasteiger partial charge in [-0.1, -0.05) is 30.3 Å². The number of aromatic nitrogens is 1. The maximum absolute atomic E-state index is 12.3. The van der Waals surface area contributed by atoms with E-state index in [0.29, 0.717) is 13.0 Å². The van der Waals surface area contributed by atoms with Gasteiger partial charge in [-0.25, -0.2) is 13.1 Å². The number of sulfonamides is 1. The monoisotopic (exact) mass is 361 g/mol. The molecule has 1 aromatic heterocycles. The minimum absolute atomic E-state index is 0.425. The summed E-state index contributed by atoms with van der Waals surface area (Å²) in [6.45, 7) is 5.57. The molecule has 0 amide bonds. The third-order valence-electron chi connectivity index (χ3n) is 4.42. The van der Waals surface area contributed by atoms with E-state index in [1.54, 1.807) is 13.8 Å². The van der Waals surface area contributed by atoms with Gasteiger partial charge < -0.3 is 4.74 Å². The Morgan fingerprint density at radius 3 is 2.48 bits per heavy atom. The number of aryl methyl sites for hydroxylation is 1. The second-order valence-electron chi connectivity index (χ2n) is 6.63. The van der Waals surface area contributed by atoms with Gasteiger partial charge in [0, 0.05) is 24.1 Å². The summed E-state index contributed by atoms with van der Waals surface area (Å²) in [5.41, 5.74) is 3.91. The summed E-state index contributed by atoms with van der Waals surface area (Å²) < 4.78 is 39.3.